The summed E-state index contributed by atoms with van der Waals surface area (Å²) in [7, 11) is -1.95. The Kier molecular flexibility index (Phi) is 4.64. The molecule has 20 heavy (non-hydrogen) atoms. The Bertz CT molecular complexity index is 491. The topological polar surface area (TPSA) is 86.8 Å². The van der Waals surface area contributed by atoms with E-state index in [2.05, 4.69) is 4.72 Å². The summed E-state index contributed by atoms with van der Waals surface area (Å²) in [6, 6.07) is 0. The summed E-state index contributed by atoms with van der Waals surface area (Å²) in [4.78, 5) is 26.9. The third kappa shape index (κ3) is 3.29. The van der Waals surface area contributed by atoms with E-state index in [0.717, 1.165) is 12.8 Å². The second-order valence-corrected chi connectivity index (χ2v) is 7.44. The van der Waals surface area contributed by atoms with Gasteiger partial charge in [0.15, 0.2) is 0 Å². The normalized spacial score (nSPS) is 24.2. The average molecular weight is 303 g/mol. The molecule has 2 fully saturated rings. The first-order chi connectivity index (χ1) is 9.44. The zero-order chi connectivity index (χ0) is 14.8. The second kappa shape index (κ2) is 6.09. The molecule has 1 N–H and O–H groups in total. The number of nitrogens with one attached hydrogen (secondary N) is 1. The van der Waals surface area contributed by atoms with Crippen LogP contribution in [0.3, 0.4) is 0 Å². The monoisotopic (exact) mass is 303 g/mol. The molecule has 2 rings (SSSR count). The van der Waals surface area contributed by atoms with Gasteiger partial charge < -0.3 is 9.80 Å². The molecule has 8 heteroatoms. The van der Waals surface area contributed by atoms with E-state index in [9.17, 15) is 18.0 Å². The molecule has 7 nitrogen and oxygen atoms in total. The standard InChI is InChI=1S/C12H21N3O4S/c1-13-20(18,19)10-5-7-15(8-10)12(17)9-14-6-3-2-4-11(14)16/h10,13H,2-9H2,1H3. The number of carbonyl (C=O) groups is 2. The lowest BCUT2D eigenvalue weighted by atomic mass is 10.1. The first-order valence-electron chi connectivity index (χ1n) is 6.92. The summed E-state index contributed by atoms with van der Waals surface area (Å²) < 4.78 is 25.7. The lowest BCUT2D eigenvalue weighted by molar-refractivity contribution is -0.141. The minimum atomic E-state index is -3.33. The summed E-state index contributed by atoms with van der Waals surface area (Å²) in [5, 5.41) is -0.548. The van der Waals surface area contributed by atoms with Gasteiger partial charge in [0, 0.05) is 26.1 Å². The van der Waals surface area contributed by atoms with Crippen LogP contribution >= 0.6 is 0 Å². The molecular formula is C12H21N3O4S. The van der Waals surface area contributed by atoms with Crippen molar-refractivity contribution in [1.29, 1.82) is 0 Å². The van der Waals surface area contributed by atoms with Crippen molar-refractivity contribution in [2.24, 2.45) is 0 Å². The molecule has 1 atom stereocenters. The van der Waals surface area contributed by atoms with Gasteiger partial charge in [0.05, 0.1) is 11.8 Å². The molecule has 0 aromatic rings. The quantitative estimate of drug-likeness (QED) is 0.733. The number of likely N-dealkylation sites (tertiary alicyclic amines) is 2. The van der Waals surface area contributed by atoms with Crippen LogP contribution in [0, 0.1) is 0 Å². The van der Waals surface area contributed by atoms with Crippen molar-refractivity contribution in [3.8, 4) is 0 Å². The molecule has 0 aliphatic carbocycles. The Hall–Kier alpha value is -1.15. The molecule has 0 aromatic carbocycles. The highest BCUT2D eigenvalue weighted by atomic mass is 32.2. The molecule has 0 aromatic heterocycles. The Morgan fingerprint density at radius 3 is 2.75 bits per heavy atom. The van der Waals surface area contributed by atoms with Gasteiger partial charge in [-0.1, -0.05) is 0 Å². The minimum absolute atomic E-state index is 0.0168. The zero-order valence-corrected chi connectivity index (χ0v) is 12.5. The third-order valence-corrected chi connectivity index (χ3v) is 5.80. The average Bonchev–Trinajstić information content (AvgIpc) is 2.92. The fourth-order valence-corrected chi connectivity index (χ4v) is 3.79. The number of hydrogen-bond donors (Lipinski definition) is 1. The van der Waals surface area contributed by atoms with E-state index < -0.39 is 15.3 Å². The SMILES string of the molecule is CNS(=O)(=O)C1CCN(C(=O)CN2CCCCC2=O)C1. The molecular weight excluding hydrogens is 282 g/mol. The van der Waals surface area contributed by atoms with Gasteiger partial charge >= 0.3 is 0 Å². The highest BCUT2D eigenvalue weighted by Gasteiger charge is 2.35. The van der Waals surface area contributed by atoms with Crippen molar-refractivity contribution in [2.75, 3.05) is 33.2 Å². The molecule has 0 radical (unpaired) electrons. The van der Waals surface area contributed by atoms with Crippen LogP contribution in [0.15, 0.2) is 0 Å². The summed E-state index contributed by atoms with van der Waals surface area (Å²) in [6.07, 6.45) is 2.76. The van der Waals surface area contributed by atoms with Crippen molar-refractivity contribution in [1.82, 2.24) is 14.5 Å². The Morgan fingerprint density at radius 2 is 2.10 bits per heavy atom. The molecule has 2 heterocycles. The number of rotatable bonds is 4. The van der Waals surface area contributed by atoms with E-state index in [1.165, 1.54) is 7.05 Å². The third-order valence-electron chi connectivity index (χ3n) is 3.97. The van der Waals surface area contributed by atoms with Gasteiger partial charge in [0.2, 0.25) is 21.8 Å². The number of piperidine rings is 1. The van der Waals surface area contributed by atoms with Crippen molar-refractivity contribution >= 4 is 21.8 Å². The van der Waals surface area contributed by atoms with Crippen LogP contribution in [0.1, 0.15) is 25.7 Å². The lowest BCUT2D eigenvalue weighted by Gasteiger charge is -2.28. The minimum Gasteiger partial charge on any atom is -0.340 e. The molecule has 1 unspecified atom stereocenters. The van der Waals surface area contributed by atoms with Crippen LogP contribution in [0.4, 0.5) is 0 Å². The summed E-state index contributed by atoms with van der Waals surface area (Å²) in [6.45, 7) is 1.35. The van der Waals surface area contributed by atoms with Crippen molar-refractivity contribution in [2.45, 2.75) is 30.9 Å². The van der Waals surface area contributed by atoms with Crippen LogP contribution in [0.25, 0.3) is 0 Å². The van der Waals surface area contributed by atoms with Gasteiger partial charge in [-0.05, 0) is 26.3 Å². The number of sulfonamides is 1. The van der Waals surface area contributed by atoms with Crippen LogP contribution < -0.4 is 4.72 Å². The number of carbonyl (C=O) groups excluding carboxylic acids is 2. The molecule has 114 valence electrons. The van der Waals surface area contributed by atoms with Gasteiger partial charge in [-0.15, -0.1) is 0 Å². The van der Waals surface area contributed by atoms with Crippen LogP contribution in [0.2, 0.25) is 0 Å². The van der Waals surface area contributed by atoms with E-state index in [-0.39, 0.29) is 24.9 Å². The predicted octanol–water partition coefficient (Wildman–Crippen LogP) is -0.851. The van der Waals surface area contributed by atoms with E-state index >= 15 is 0 Å². The van der Waals surface area contributed by atoms with Crippen molar-refractivity contribution in [3.63, 3.8) is 0 Å². The molecule has 2 amide bonds. The van der Waals surface area contributed by atoms with Gasteiger partial charge in [-0.25, -0.2) is 13.1 Å². The number of hydrogen-bond acceptors (Lipinski definition) is 4. The second-order valence-electron chi connectivity index (χ2n) is 5.27. The Morgan fingerprint density at radius 1 is 1.35 bits per heavy atom. The number of nitrogens with zero attached hydrogens (tertiary/aromatic N) is 2. The van der Waals surface area contributed by atoms with E-state index in [1.807, 2.05) is 0 Å². The van der Waals surface area contributed by atoms with Gasteiger partial charge in [0.1, 0.15) is 0 Å². The Labute approximate surface area is 119 Å². The first kappa shape index (κ1) is 15.2. The highest BCUT2D eigenvalue weighted by molar-refractivity contribution is 7.90. The maximum absolute atomic E-state index is 12.1. The zero-order valence-electron chi connectivity index (χ0n) is 11.7. The number of amides is 2. The van der Waals surface area contributed by atoms with Gasteiger partial charge in [-0.2, -0.15) is 0 Å². The van der Waals surface area contributed by atoms with Crippen molar-refractivity contribution < 1.29 is 18.0 Å². The highest BCUT2D eigenvalue weighted by Crippen LogP contribution is 2.17. The largest absolute Gasteiger partial charge is 0.340 e. The molecule has 2 aliphatic rings. The predicted molar refractivity (Wildman–Crippen MR) is 73.4 cm³/mol. The fraction of sp³-hybridized carbons (Fsp3) is 0.833. The molecule has 0 bridgehead atoms. The van der Waals surface area contributed by atoms with Crippen molar-refractivity contribution in [3.05, 3.63) is 0 Å². The van der Waals surface area contributed by atoms with Crippen LogP contribution in [-0.4, -0.2) is 68.5 Å². The molecule has 2 saturated heterocycles. The van der Waals surface area contributed by atoms with Gasteiger partial charge in [0.25, 0.3) is 0 Å². The fourth-order valence-electron chi connectivity index (χ4n) is 2.67. The van der Waals surface area contributed by atoms with E-state index in [4.69, 9.17) is 0 Å². The molecule has 0 saturated carbocycles. The van der Waals surface area contributed by atoms with Gasteiger partial charge in [-0.3, -0.25) is 9.59 Å². The summed E-state index contributed by atoms with van der Waals surface area (Å²) >= 11 is 0. The summed E-state index contributed by atoms with van der Waals surface area (Å²) in [5.41, 5.74) is 0. The smallest absolute Gasteiger partial charge is 0.242 e. The lowest BCUT2D eigenvalue weighted by Crippen LogP contribution is -2.44. The van der Waals surface area contributed by atoms with E-state index in [0.29, 0.717) is 25.9 Å². The maximum Gasteiger partial charge on any atom is 0.242 e. The Balaban J connectivity index is 1.90. The molecule has 2 aliphatic heterocycles. The summed E-state index contributed by atoms with van der Waals surface area (Å²) in [5.74, 6) is -0.141. The first-order valence-corrected chi connectivity index (χ1v) is 8.46. The van der Waals surface area contributed by atoms with Crippen LogP contribution in [0.5, 0.6) is 0 Å². The van der Waals surface area contributed by atoms with E-state index in [1.54, 1.807) is 9.80 Å². The van der Waals surface area contributed by atoms with Crippen LogP contribution in [-0.2, 0) is 19.6 Å². The molecule has 0 spiro atoms. The maximum atomic E-state index is 12.1.